The number of thiazole rings is 1. The zero-order valence-electron chi connectivity index (χ0n) is 14.6. The summed E-state index contributed by atoms with van der Waals surface area (Å²) >= 11 is 1.46. The van der Waals surface area contributed by atoms with Crippen LogP contribution in [0.15, 0.2) is 41.9 Å². The van der Waals surface area contributed by atoms with Crippen LogP contribution in [0.3, 0.4) is 0 Å². The van der Waals surface area contributed by atoms with Gasteiger partial charge in [0.2, 0.25) is 0 Å². The van der Waals surface area contributed by atoms with E-state index in [9.17, 15) is 9.18 Å². The largest absolute Gasteiger partial charge is 0.490 e. The van der Waals surface area contributed by atoms with Gasteiger partial charge in [0, 0.05) is 32.7 Å². The smallest absolute Gasteiger partial charge is 0.258 e. The number of carbonyl (C=O) groups is 1. The van der Waals surface area contributed by atoms with Crippen molar-refractivity contribution in [1.82, 2.24) is 4.98 Å². The Bertz CT molecular complexity index is 913. The Balaban J connectivity index is 1.79. The quantitative estimate of drug-likeness (QED) is 0.584. The van der Waals surface area contributed by atoms with E-state index in [1.54, 1.807) is 56.1 Å². The van der Waals surface area contributed by atoms with E-state index in [2.05, 4.69) is 4.98 Å². The first-order valence-corrected chi connectivity index (χ1v) is 9.01. The van der Waals surface area contributed by atoms with Gasteiger partial charge >= 0.3 is 0 Å². The molecule has 1 amide bonds. The first kappa shape index (κ1) is 18.3. The summed E-state index contributed by atoms with van der Waals surface area (Å²) < 4.78 is 26.1. The van der Waals surface area contributed by atoms with Crippen molar-refractivity contribution in [3.63, 3.8) is 0 Å². The molecule has 5 nitrogen and oxygen atoms in total. The number of aromatic nitrogens is 1. The number of hydrogen-bond donors (Lipinski definition) is 0. The molecule has 3 rings (SSSR count). The molecular formula is C19H19FN2O3S. The maximum Gasteiger partial charge on any atom is 0.258 e. The van der Waals surface area contributed by atoms with Crippen LogP contribution in [0.5, 0.6) is 5.75 Å². The highest BCUT2D eigenvalue weighted by atomic mass is 32.1. The van der Waals surface area contributed by atoms with Crippen molar-refractivity contribution in [3.8, 4) is 5.75 Å². The second-order valence-electron chi connectivity index (χ2n) is 5.68. The molecule has 0 aliphatic heterocycles. The van der Waals surface area contributed by atoms with Crippen LogP contribution in [0.1, 0.15) is 16.8 Å². The lowest BCUT2D eigenvalue weighted by Crippen LogP contribution is -2.27. The first-order chi connectivity index (χ1) is 12.6. The highest BCUT2D eigenvalue weighted by molar-refractivity contribution is 7.16. The average Bonchev–Trinajstić information content (AvgIpc) is 3.13. The molecule has 0 N–H and O–H groups in total. The van der Waals surface area contributed by atoms with Gasteiger partial charge in [0.05, 0.1) is 28.0 Å². The van der Waals surface area contributed by atoms with Crippen molar-refractivity contribution in [1.29, 1.82) is 0 Å². The van der Waals surface area contributed by atoms with Crippen molar-refractivity contribution in [2.75, 3.05) is 32.3 Å². The third-order valence-corrected chi connectivity index (χ3v) is 4.73. The van der Waals surface area contributed by atoms with Gasteiger partial charge in [-0.2, -0.15) is 0 Å². The second kappa shape index (κ2) is 8.25. The summed E-state index contributed by atoms with van der Waals surface area (Å²) in [6, 6.07) is 10.0. The number of methoxy groups -OCH3 is 1. The van der Waals surface area contributed by atoms with Crippen LogP contribution in [0.2, 0.25) is 0 Å². The minimum Gasteiger partial charge on any atom is -0.490 e. The summed E-state index contributed by atoms with van der Waals surface area (Å²) in [5, 5.41) is 0. The lowest BCUT2D eigenvalue weighted by molar-refractivity contribution is 0.0992. The molecule has 0 fully saturated rings. The second-order valence-corrected chi connectivity index (χ2v) is 6.57. The predicted molar refractivity (Wildman–Crippen MR) is 101 cm³/mol. The monoisotopic (exact) mass is 374 g/mol. The van der Waals surface area contributed by atoms with Gasteiger partial charge in [-0.1, -0.05) is 6.07 Å². The van der Waals surface area contributed by atoms with Crippen molar-refractivity contribution in [2.24, 2.45) is 0 Å². The van der Waals surface area contributed by atoms with Crippen LogP contribution in [0, 0.1) is 5.82 Å². The zero-order valence-corrected chi connectivity index (χ0v) is 15.4. The minimum absolute atomic E-state index is 0.121. The van der Waals surface area contributed by atoms with E-state index in [1.165, 1.54) is 16.2 Å². The summed E-state index contributed by atoms with van der Waals surface area (Å²) in [5.74, 6) is -0.730. The summed E-state index contributed by atoms with van der Waals surface area (Å²) in [6.45, 7) is 0.883. The molecule has 0 atom stereocenters. The molecular weight excluding hydrogens is 355 g/mol. The van der Waals surface area contributed by atoms with Gasteiger partial charge in [0.25, 0.3) is 5.91 Å². The Morgan fingerprint density at radius 2 is 2.12 bits per heavy atom. The van der Waals surface area contributed by atoms with E-state index in [4.69, 9.17) is 9.47 Å². The van der Waals surface area contributed by atoms with Gasteiger partial charge in [-0.25, -0.2) is 9.37 Å². The van der Waals surface area contributed by atoms with Gasteiger partial charge < -0.3 is 14.4 Å². The number of amides is 1. The van der Waals surface area contributed by atoms with Crippen molar-refractivity contribution < 1.29 is 18.7 Å². The number of hydrogen-bond acceptors (Lipinski definition) is 5. The van der Waals surface area contributed by atoms with E-state index < -0.39 is 5.82 Å². The number of rotatable bonds is 7. The molecule has 0 saturated carbocycles. The molecule has 0 unspecified atom stereocenters. The average molecular weight is 374 g/mol. The van der Waals surface area contributed by atoms with Gasteiger partial charge in [0.1, 0.15) is 0 Å². The Labute approximate surface area is 155 Å². The van der Waals surface area contributed by atoms with Gasteiger partial charge in [-0.05, 0) is 30.3 Å². The fourth-order valence-electron chi connectivity index (χ4n) is 2.55. The molecule has 0 aliphatic carbocycles. The SMILES string of the molecule is COCCCOc1cccc(N(C)C(=O)c2ccc3ncsc3c2)c1F. The Morgan fingerprint density at radius 3 is 2.92 bits per heavy atom. The highest BCUT2D eigenvalue weighted by Gasteiger charge is 2.19. The fourth-order valence-corrected chi connectivity index (χ4v) is 3.26. The van der Waals surface area contributed by atoms with Crippen molar-refractivity contribution in [2.45, 2.75) is 6.42 Å². The number of ether oxygens (including phenoxy) is 2. The molecule has 1 aromatic heterocycles. The Kier molecular flexibility index (Phi) is 5.80. The fraction of sp³-hybridized carbons (Fsp3) is 0.263. The minimum atomic E-state index is -0.556. The predicted octanol–water partition coefficient (Wildman–Crippen LogP) is 4.13. The van der Waals surface area contributed by atoms with Crippen LogP contribution in [-0.4, -0.2) is 38.3 Å². The highest BCUT2D eigenvalue weighted by Crippen LogP contribution is 2.28. The normalized spacial score (nSPS) is 10.9. The lowest BCUT2D eigenvalue weighted by Gasteiger charge is -2.19. The van der Waals surface area contributed by atoms with Crippen LogP contribution >= 0.6 is 11.3 Å². The third-order valence-electron chi connectivity index (χ3n) is 3.94. The number of benzene rings is 2. The van der Waals surface area contributed by atoms with Crippen LogP contribution in [0.4, 0.5) is 10.1 Å². The maximum absolute atomic E-state index is 14.8. The number of fused-ring (bicyclic) bond motifs is 1. The molecule has 1 heterocycles. The van der Waals surface area contributed by atoms with E-state index in [-0.39, 0.29) is 17.3 Å². The summed E-state index contributed by atoms with van der Waals surface area (Å²) in [4.78, 5) is 18.2. The molecule has 26 heavy (non-hydrogen) atoms. The third kappa shape index (κ3) is 3.84. The zero-order chi connectivity index (χ0) is 18.5. The van der Waals surface area contributed by atoms with Crippen LogP contribution in [0.25, 0.3) is 10.2 Å². The molecule has 3 aromatic rings. The number of nitrogens with zero attached hydrogens (tertiary/aromatic N) is 2. The maximum atomic E-state index is 14.8. The molecule has 0 spiro atoms. The summed E-state index contributed by atoms with van der Waals surface area (Å²) in [5.41, 5.74) is 3.22. The number of carbonyl (C=O) groups excluding carboxylic acids is 1. The standard InChI is InChI=1S/C19H19FN2O3S/c1-22(19(23)13-7-8-14-17(11-13)26-12-21-14)15-5-3-6-16(18(15)20)25-10-4-9-24-2/h3,5-8,11-12H,4,9-10H2,1-2H3. The first-order valence-electron chi connectivity index (χ1n) is 8.13. The van der Waals surface area contributed by atoms with Crippen LogP contribution in [-0.2, 0) is 4.74 Å². The molecule has 0 bridgehead atoms. The number of halogens is 1. The molecule has 0 saturated heterocycles. The van der Waals surface area contributed by atoms with E-state index >= 15 is 0 Å². The Morgan fingerprint density at radius 1 is 1.27 bits per heavy atom. The van der Waals surface area contributed by atoms with Gasteiger partial charge in [0.15, 0.2) is 11.6 Å². The molecule has 0 aliphatic rings. The van der Waals surface area contributed by atoms with E-state index in [1.807, 2.05) is 0 Å². The lowest BCUT2D eigenvalue weighted by atomic mass is 10.1. The van der Waals surface area contributed by atoms with Gasteiger partial charge in [-0.15, -0.1) is 11.3 Å². The van der Waals surface area contributed by atoms with Crippen molar-refractivity contribution in [3.05, 3.63) is 53.3 Å². The van der Waals surface area contributed by atoms with E-state index in [0.29, 0.717) is 25.2 Å². The summed E-state index contributed by atoms with van der Waals surface area (Å²) in [7, 11) is 3.15. The number of anilines is 1. The summed E-state index contributed by atoms with van der Waals surface area (Å²) in [6.07, 6.45) is 0.657. The van der Waals surface area contributed by atoms with Crippen molar-refractivity contribution >= 4 is 33.1 Å². The molecule has 0 radical (unpaired) electrons. The topological polar surface area (TPSA) is 51.7 Å². The molecule has 2 aromatic carbocycles. The van der Waals surface area contributed by atoms with E-state index in [0.717, 1.165) is 10.2 Å². The molecule has 136 valence electrons. The molecule has 7 heteroatoms. The Hall–Kier alpha value is -2.51. The van der Waals surface area contributed by atoms with Gasteiger partial charge in [-0.3, -0.25) is 4.79 Å². The van der Waals surface area contributed by atoms with Crippen LogP contribution < -0.4 is 9.64 Å².